The number of halogens is 1. The van der Waals surface area contributed by atoms with Gasteiger partial charge in [0.2, 0.25) is 11.8 Å². The summed E-state index contributed by atoms with van der Waals surface area (Å²) in [6.45, 7) is 9.83. The van der Waals surface area contributed by atoms with Gasteiger partial charge in [-0.15, -0.1) is 11.6 Å². The first-order valence-corrected chi connectivity index (χ1v) is 7.79. The maximum absolute atomic E-state index is 12.2. The molecular weight excluding hydrogens is 304 g/mol. The van der Waals surface area contributed by atoms with Crippen molar-refractivity contribution in [2.24, 2.45) is 7.05 Å². The Kier molecular flexibility index (Phi) is 6.00. The molecule has 0 aromatic carbocycles. The van der Waals surface area contributed by atoms with Crippen molar-refractivity contribution in [3.63, 3.8) is 0 Å². The molecule has 1 heterocycles. The normalized spacial score (nSPS) is 11.6. The van der Waals surface area contributed by atoms with Gasteiger partial charge in [0, 0.05) is 24.6 Å². The second kappa shape index (κ2) is 7.13. The Hall–Kier alpha value is -1.56. The highest BCUT2D eigenvalue weighted by atomic mass is 35.5. The monoisotopic (exact) mass is 328 g/mol. The number of carbonyl (C=O) groups is 2. The number of carbonyl (C=O) groups excluding carboxylic acids is 2. The van der Waals surface area contributed by atoms with E-state index in [2.05, 4.69) is 31.2 Å². The summed E-state index contributed by atoms with van der Waals surface area (Å²) in [6.07, 6.45) is 0. The Bertz CT molecular complexity index is 546. The topological polar surface area (TPSA) is 67.2 Å². The molecule has 0 saturated carbocycles. The van der Waals surface area contributed by atoms with Gasteiger partial charge in [-0.05, 0) is 13.8 Å². The van der Waals surface area contributed by atoms with E-state index >= 15 is 0 Å². The van der Waals surface area contributed by atoms with Crippen LogP contribution in [0.3, 0.4) is 0 Å². The van der Waals surface area contributed by atoms with Gasteiger partial charge in [0.05, 0.1) is 5.69 Å². The minimum absolute atomic E-state index is 0.0285. The lowest BCUT2D eigenvalue weighted by molar-refractivity contribution is -0.134. The van der Waals surface area contributed by atoms with Gasteiger partial charge in [-0.3, -0.25) is 14.3 Å². The van der Waals surface area contributed by atoms with Crippen LogP contribution in [0.4, 0.5) is 5.82 Å². The van der Waals surface area contributed by atoms with Crippen molar-refractivity contribution in [2.75, 3.05) is 17.7 Å². The summed E-state index contributed by atoms with van der Waals surface area (Å²) in [5.74, 6) is -0.0505. The molecule has 1 aromatic heterocycles. The van der Waals surface area contributed by atoms with E-state index in [0.29, 0.717) is 5.82 Å². The molecule has 0 saturated heterocycles. The molecule has 0 spiro atoms. The third-order valence-corrected chi connectivity index (χ3v) is 3.52. The van der Waals surface area contributed by atoms with Gasteiger partial charge in [0.25, 0.3) is 0 Å². The Morgan fingerprint density at radius 3 is 2.41 bits per heavy atom. The number of hydrogen-bond donors (Lipinski definition) is 1. The van der Waals surface area contributed by atoms with Gasteiger partial charge >= 0.3 is 0 Å². The number of nitrogens with one attached hydrogen (secondary N) is 1. The van der Waals surface area contributed by atoms with Gasteiger partial charge in [-0.2, -0.15) is 5.10 Å². The van der Waals surface area contributed by atoms with Crippen LogP contribution < -0.4 is 5.32 Å². The highest BCUT2D eigenvalue weighted by molar-refractivity contribution is 6.27. The number of hydrogen-bond acceptors (Lipinski definition) is 3. The average molecular weight is 329 g/mol. The molecule has 2 amide bonds. The number of aromatic nitrogens is 2. The molecule has 7 heteroatoms. The highest BCUT2D eigenvalue weighted by Gasteiger charge is 2.22. The second-order valence-electron chi connectivity index (χ2n) is 6.59. The van der Waals surface area contributed by atoms with Crippen LogP contribution in [0.25, 0.3) is 0 Å². The second-order valence-corrected chi connectivity index (χ2v) is 6.85. The minimum Gasteiger partial charge on any atom is -0.330 e. The maximum Gasteiger partial charge on any atom is 0.245 e. The zero-order valence-electron chi connectivity index (χ0n) is 14.1. The van der Waals surface area contributed by atoms with Crippen LogP contribution in [0.5, 0.6) is 0 Å². The van der Waals surface area contributed by atoms with Crippen molar-refractivity contribution in [3.05, 3.63) is 11.8 Å². The Labute approximate surface area is 136 Å². The molecule has 0 aliphatic rings. The molecule has 1 N–H and O–H groups in total. The summed E-state index contributed by atoms with van der Waals surface area (Å²) >= 11 is 5.58. The standard InChI is InChI=1S/C15H25ClN4O2/c1-10(2)20(14(22)8-16)9-13(21)17-12-7-11(15(3,4)5)18-19(12)6/h7,10H,8-9H2,1-6H3,(H,17,21). The lowest BCUT2D eigenvalue weighted by Gasteiger charge is -2.25. The molecule has 22 heavy (non-hydrogen) atoms. The predicted molar refractivity (Wildman–Crippen MR) is 88.1 cm³/mol. The lowest BCUT2D eigenvalue weighted by atomic mass is 9.92. The van der Waals surface area contributed by atoms with Gasteiger partial charge < -0.3 is 10.2 Å². The molecule has 0 radical (unpaired) electrons. The Balaban J connectivity index is 2.81. The molecule has 0 atom stereocenters. The van der Waals surface area contributed by atoms with Crippen molar-refractivity contribution < 1.29 is 9.59 Å². The SMILES string of the molecule is CC(C)N(CC(=O)Nc1cc(C(C)(C)C)nn1C)C(=O)CCl. The summed E-state index contributed by atoms with van der Waals surface area (Å²) in [5, 5.41) is 7.19. The van der Waals surface area contributed by atoms with Gasteiger partial charge in [0.1, 0.15) is 18.2 Å². The van der Waals surface area contributed by atoms with E-state index in [1.807, 2.05) is 19.9 Å². The maximum atomic E-state index is 12.2. The first-order chi connectivity index (χ1) is 10.1. The number of anilines is 1. The van der Waals surface area contributed by atoms with E-state index in [1.165, 1.54) is 4.90 Å². The van der Waals surface area contributed by atoms with Crippen LogP contribution in [-0.4, -0.2) is 45.0 Å². The lowest BCUT2D eigenvalue weighted by Crippen LogP contribution is -2.43. The summed E-state index contributed by atoms with van der Waals surface area (Å²) in [5.41, 5.74) is 0.794. The molecule has 124 valence electrons. The van der Waals surface area contributed by atoms with E-state index in [9.17, 15) is 9.59 Å². The van der Waals surface area contributed by atoms with E-state index in [-0.39, 0.29) is 35.7 Å². The van der Waals surface area contributed by atoms with Crippen molar-refractivity contribution in [2.45, 2.75) is 46.1 Å². The molecule has 1 rings (SSSR count). The number of aryl methyl sites for hydroxylation is 1. The van der Waals surface area contributed by atoms with Crippen molar-refractivity contribution in [3.8, 4) is 0 Å². The fraction of sp³-hybridized carbons (Fsp3) is 0.667. The Morgan fingerprint density at radius 2 is 2.00 bits per heavy atom. The van der Waals surface area contributed by atoms with Crippen LogP contribution >= 0.6 is 11.6 Å². The van der Waals surface area contributed by atoms with Crippen LogP contribution in [0, 0.1) is 0 Å². The fourth-order valence-corrected chi connectivity index (χ4v) is 2.08. The van der Waals surface area contributed by atoms with Crippen molar-refractivity contribution >= 4 is 29.2 Å². The largest absolute Gasteiger partial charge is 0.330 e. The van der Waals surface area contributed by atoms with Gasteiger partial charge in [-0.1, -0.05) is 20.8 Å². The third-order valence-electron chi connectivity index (χ3n) is 3.29. The van der Waals surface area contributed by atoms with E-state index in [4.69, 9.17) is 11.6 Å². The van der Waals surface area contributed by atoms with Crippen LogP contribution in [0.15, 0.2) is 6.07 Å². The molecule has 6 nitrogen and oxygen atoms in total. The smallest absolute Gasteiger partial charge is 0.245 e. The van der Waals surface area contributed by atoms with E-state index in [0.717, 1.165) is 5.69 Å². The molecule has 0 fully saturated rings. The van der Waals surface area contributed by atoms with Crippen LogP contribution in [0.2, 0.25) is 0 Å². The molecule has 0 aliphatic heterocycles. The van der Waals surface area contributed by atoms with E-state index in [1.54, 1.807) is 11.7 Å². The summed E-state index contributed by atoms with van der Waals surface area (Å²) in [7, 11) is 1.77. The molecule has 1 aromatic rings. The predicted octanol–water partition coefficient (Wildman–Crippen LogP) is 2.13. The summed E-state index contributed by atoms with van der Waals surface area (Å²) < 4.78 is 1.63. The van der Waals surface area contributed by atoms with Gasteiger partial charge in [0.15, 0.2) is 0 Å². The van der Waals surface area contributed by atoms with Crippen LogP contribution in [-0.2, 0) is 22.1 Å². The quantitative estimate of drug-likeness (QED) is 0.842. The van der Waals surface area contributed by atoms with Gasteiger partial charge in [-0.25, -0.2) is 0 Å². The number of nitrogens with zero attached hydrogens (tertiary/aromatic N) is 3. The zero-order valence-corrected chi connectivity index (χ0v) is 14.9. The molecule has 0 unspecified atom stereocenters. The van der Waals surface area contributed by atoms with Crippen molar-refractivity contribution in [1.29, 1.82) is 0 Å². The van der Waals surface area contributed by atoms with Crippen molar-refractivity contribution in [1.82, 2.24) is 14.7 Å². The number of amides is 2. The number of rotatable bonds is 5. The van der Waals surface area contributed by atoms with E-state index < -0.39 is 0 Å². The molecule has 0 aliphatic carbocycles. The average Bonchev–Trinajstić information content (AvgIpc) is 2.76. The molecular formula is C15H25ClN4O2. The third kappa shape index (κ3) is 4.73. The Morgan fingerprint density at radius 1 is 1.41 bits per heavy atom. The number of alkyl halides is 1. The molecule has 0 bridgehead atoms. The summed E-state index contributed by atoms with van der Waals surface area (Å²) in [6, 6.07) is 1.76. The first kappa shape index (κ1) is 18.5. The fourth-order valence-electron chi connectivity index (χ4n) is 1.92. The minimum atomic E-state index is -0.268. The summed E-state index contributed by atoms with van der Waals surface area (Å²) in [4.78, 5) is 25.4. The highest BCUT2D eigenvalue weighted by Crippen LogP contribution is 2.23. The van der Waals surface area contributed by atoms with Crippen LogP contribution in [0.1, 0.15) is 40.3 Å². The zero-order chi connectivity index (χ0) is 17.1. The first-order valence-electron chi connectivity index (χ1n) is 7.26.